The molecule has 3 rings (SSSR count). The Morgan fingerprint density at radius 3 is 2.55 bits per heavy atom. The van der Waals surface area contributed by atoms with Crippen molar-refractivity contribution in [3.8, 4) is 5.75 Å². The van der Waals surface area contributed by atoms with Gasteiger partial charge in [-0.1, -0.05) is 0 Å². The smallest absolute Gasteiger partial charge is 0.295 e. The first-order valence-electron chi connectivity index (χ1n) is 9.99. The molecule has 31 heavy (non-hydrogen) atoms. The van der Waals surface area contributed by atoms with Crippen LogP contribution in [0.15, 0.2) is 52.8 Å². The number of carbonyl (C=O) groups is 2. The quantitative estimate of drug-likeness (QED) is 0.260. The van der Waals surface area contributed by atoms with Crippen LogP contribution in [0.3, 0.4) is 0 Å². The van der Waals surface area contributed by atoms with Gasteiger partial charge in [-0.05, 0) is 72.1 Å². The van der Waals surface area contributed by atoms with E-state index in [2.05, 4.69) is 20.9 Å². The second kappa shape index (κ2) is 10.1. The highest BCUT2D eigenvalue weighted by molar-refractivity contribution is 9.10. The molecule has 1 aliphatic heterocycles. The molecule has 8 heteroatoms. The van der Waals surface area contributed by atoms with Gasteiger partial charge >= 0.3 is 0 Å². The van der Waals surface area contributed by atoms with Gasteiger partial charge in [-0.25, -0.2) is 0 Å². The monoisotopic (exact) mass is 488 g/mol. The lowest BCUT2D eigenvalue weighted by molar-refractivity contribution is -0.140. The first-order valence-corrected chi connectivity index (χ1v) is 10.8. The van der Waals surface area contributed by atoms with Crippen LogP contribution in [0, 0.1) is 0 Å². The number of methoxy groups -OCH3 is 1. The van der Waals surface area contributed by atoms with Crippen LogP contribution < -0.4 is 4.74 Å². The number of Topliss-reactive ketones (excluding diaryl/α,β-unsaturated/α-hetero) is 1. The predicted octanol–water partition coefficient (Wildman–Crippen LogP) is 4.09. The molecule has 1 saturated heterocycles. The SMILES string of the molecule is COc1ccc(/C(O)=C2/C(=O)C(=O)N(CCCOC(C)C)C2c2ccncc2)cc1Br. The van der Waals surface area contributed by atoms with Crippen molar-refractivity contribution in [2.75, 3.05) is 20.3 Å². The van der Waals surface area contributed by atoms with E-state index in [1.54, 1.807) is 42.7 Å². The summed E-state index contributed by atoms with van der Waals surface area (Å²) >= 11 is 3.39. The number of benzene rings is 1. The van der Waals surface area contributed by atoms with Crippen molar-refractivity contribution >= 4 is 33.4 Å². The number of likely N-dealkylation sites (tertiary alicyclic amines) is 1. The number of nitrogens with zero attached hydrogens (tertiary/aromatic N) is 2. The molecule has 0 bridgehead atoms. The fourth-order valence-corrected chi connectivity index (χ4v) is 4.07. The summed E-state index contributed by atoms with van der Waals surface area (Å²) in [4.78, 5) is 31.4. The normalized spacial score (nSPS) is 18.1. The number of ketones is 1. The fourth-order valence-electron chi connectivity index (χ4n) is 3.53. The number of aliphatic hydroxyl groups excluding tert-OH is 1. The maximum absolute atomic E-state index is 13.0. The first-order chi connectivity index (χ1) is 14.8. The zero-order chi connectivity index (χ0) is 22.5. The van der Waals surface area contributed by atoms with Gasteiger partial charge in [-0.15, -0.1) is 0 Å². The lowest BCUT2D eigenvalue weighted by Gasteiger charge is -2.25. The molecule has 1 aliphatic rings. The third kappa shape index (κ3) is 4.97. The van der Waals surface area contributed by atoms with Gasteiger partial charge in [-0.2, -0.15) is 0 Å². The third-order valence-electron chi connectivity index (χ3n) is 4.98. The van der Waals surface area contributed by atoms with Crippen LogP contribution in [0.2, 0.25) is 0 Å². The van der Waals surface area contributed by atoms with Gasteiger partial charge in [0.2, 0.25) is 0 Å². The Balaban J connectivity index is 2.02. The Morgan fingerprint density at radius 1 is 1.23 bits per heavy atom. The molecule has 7 nitrogen and oxygen atoms in total. The molecule has 1 fully saturated rings. The summed E-state index contributed by atoms with van der Waals surface area (Å²) in [6.45, 7) is 4.68. The number of hydrogen-bond acceptors (Lipinski definition) is 6. The van der Waals surface area contributed by atoms with E-state index in [1.165, 1.54) is 12.0 Å². The molecule has 1 amide bonds. The summed E-state index contributed by atoms with van der Waals surface area (Å²) in [7, 11) is 1.54. The van der Waals surface area contributed by atoms with Gasteiger partial charge in [0.1, 0.15) is 11.5 Å². The van der Waals surface area contributed by atoms with E-state index in [1.807, 2.05) is 13.8 Å². The van der Waals surface area contributed by atoms with Crippen LogP contribution in [0.5, 0.6) is 5.75 Å². The Hall–Kier alpha value is -2.71. The van der Waals surface area contributed by atoms with Crippen LogP contribution in [0.1, 0.15) is 37.4 Å². The van der Waals surface area contributed by atoms with Crippen molar-refractivity contribution in [3.63, 3.8) is 0 Å². The van der Waals surface area contributed by atoms with Crippen molar-refractivity contribution in [1.29, 1.82) is 0 Å². The summed E-state index contributed by atoms with van der Waals surface area (Å²) < 4.78 is 11.4. The van der Waals surface area contributed by atoms with Crippen LogP contribution >= 0.6 is 15.9 Å². The lowest BCUT2D eigenvalue weighted by Crippen LogP contribution is -2.31. The Morgan fingerprint density at radius 2 is 1.94 bits per heavy atom. The summed E-state index contributed by atoms with van der Waals surface area (Å²) in [5.74, 6) is -0.992. The second-order valence-electron chi connectivity index (χ2n) is 7.40. The molecule has 1 aromatic heterocycles. The molecular formula is C23H25BrN2O5. The van der Waals surface area contributed by atoms with E-state index in [-0.39, 0.29) is 17.4 Å². The maximum Gasteiger partial charge on any atom is 0.295 e. The van der Waals surface area contributed by atoms with Gasteiger partial charge in [0.25, 0.3) is 11.7 Å². The van der Waals surface area contributed by atoms with E-state index < -0.39 is 17.7 Å². The number of aliphatic hydroxyl groups is 1. The van der Waals surface area contributed by atoms with Crippen LogP contribution in [-0.2, 0) is 14.3 Å². The van der Waals surface area contributed by atoms with Crippen LogP contribution in [0.25, 0.3) is 5.76 Å². The number of pyridine rings is 1. The fraction of sp³-hybridized carbons (Fsp3) is 0.348. The molecule has 2 heterocycles. The van der Waals surface area contributed by atoms with E-state index in [0.717, 1.165) is 0 Å². The lowest BCUT2D eigenvalue weighted by atomic mass is 9.96. The highest BCUT2D eigenvalue weighted by atomic mass is 79.9. The average molecular weight is 489 g/mol. The maximum atomic E-state index is 13.0. The minimum absolute atomic E-state index is 0.0537. The van der Waals surface area contributed by atoms with Crippen LogP contribution in [0.4, 0.5) is 0 Å². The molecule has 2 aromatic rings. The molecule has 1 aromatic carbocycles. The minimum atomic E-state index is -0.712. The summed E-state index contributed by atoms with van der Waals surface area (Å²) in [6.07, 6.45) is 3.85. The van der Waals surface area contributed by atoms with E-state index in [9.17, 15) is 14.7 Å². The third-order valence-corrected chi connectivity index (χ3v) is 5.60. The van der Waals surface area contributed by atoms with E-state index >= 15 is 0 Å². The molecule has 0 aliphatic carbocycles. The number of ether oxygens (including phenoxy) is 2. The van der Waals surface area contributed by atoms with E-state index in [0.29, 0.717) is 40.9 Å². The minimum Gasteiger partial charge on any atom is -0.507 e. The number of aromatic nitrogens is 1. The van der Waals surface area contributed by atoms with Crippen molar-refractivity contribution in [1.82, 2.24) is 9.88 Å². The Labute approximate surface area is 189 Å². The standard InChI is InChI=1S/C23H25BrN2O5/c1-14(2)31-12-4-11-26-20(15-7-9-25-10-8-15)19(22(28)23(26)29)21(27)16-5-6-18(30-3)17(24)13-16/h5-10,13-14,20,27H,4,11-12H2,1-3H3/b21-19-. The average Bonchev–Trinajstić information content (AvgIpc) is 3.01. The molecule has 164 valence electrons. The number of halogens is 1. The van der Waals surface area contributed by atoms with Crippen molar-refractivity contribution in [2.45, 2.75) is 32.4 Å². The van der Waals surface area contributed by atoms with Crippen molar-refractivity contribution in [3.05, 3.63) is 63.9 Å². The van der Waals surface area contributed by atoms with Crippen LogP contribution in [-0.4, -0.2) is 53.0 Å². The second-order valence-corrected chi connectivity index (χ2v) is 8.25. The zero-order valence-electron chi connectivity index (χ0n) is 17.7. The molecule has 0 radical (unpaired) electrons. The molecule has 0 saturated carbocycles. The number of amides is 1. The van der Waals surface area contributed by atoms with Crippen molar-refractivity contribution in [2.24, 2.45) is 0 Å². The Bertz CT molecular complexity index is 991. The van der Waals surface area contributed by atoms with Gasteiger partial charge in [0.15, 0.2) is 0 Å². The first kappa shape index (κ1) is 23.0. The molecule has 1 atom stereocenters. The highest BCUT2D eigenvalue weighted by Gasteiger charge is 2.45. The summed E-state index contributed by atoms with van der Waals surface area (Å²) in [6, 6.07) is 7.76. The van der Waals surface area contributed by atoms with Crippen molar-refractivity contribution < 1.29 is 24.2 Å². The summed E-state index contributed by atoms with van der Waals surface area (Å²) in [5, 5.41) is 11.1. The zero-order valence-corrected chi connectivity index (χ0v) is 19.3. The van der Waals surface area contributed by atoms with Gasteiger partial charge < -0.3 is 19.5 Å². The molecule has 1 N–H and O–H groups in total. The topological polar surface area (TPSA) is 89.0 Å². The molecule has 0 spiro atoms. The largest absolute Gasteiger partial charge is 0.507 e. The van der Waals surface area contributed by atoms with Gasteiger partial charge in [0.05, 0.1) is 29.3 Å². The summed E-state index contributed by atoms with van der Waals surface area (Å²) in [5.41, 5.74) is 1.17. The Kier molecular flexibility index (Phi) is 7.46. The molecule has 1 unspecified atom stereocenters. The number of carbonyl (C=O) groups excluding carboxylic acids is 2. The van der Waals surface area contributed by atoms with Gasteiger partial charge in [0, 0.05) is 31.1 Å². The van der Waals surface area contributed by atoms with Gasteiger partial charge in [-0.3, -0.25) is 14.6 Å². The highest BCUT2D eigenvalue weighted by Crippen LogP contribution is 2.40. The number of hydrogen-bond donors (Lipinski definition) is 1. The number of rotatable bonds is 8. The van der Waals surface area contributed by atoms with E-state index in [4.69, 9.17) is 9.47 Å². The molecular weight excluding hydrogens is 464 g/mol. The predicted molar refractivity (Wildman–Crippen MR) is 120 cm³/mol.